The molecule has 0 radical (unpaired) electrons. The van der Waals surface area contributed by atoms with E-state index in [-0.39, 0.29) is 0 Å². The van der Waals surface area contributed by atoms with E-state index in [9.17, 15) is 0 Å². The maximum Gasteiger partial charge on any atom is 0.190 e. The van der Waals surface area contributed by atoms with E-state index in [2.05, 4.69) is 43.3 Å². The molecule has 6 heteroatoms. The van der Waals surface area contributed by atoms with Crippen molar-refractivity contribution in [3.63, 3.8) is 0 Å². The molecule has 0 fully saturated rings. The zero-order valence-corrected chi connectivity index (χ0v) is 13.2. The fourth-order valence-corrected chi connectivity index (χ4v) is 3.19. The summed E-state index contributed by atoms with van der Waals surface area (Å²) in [7, 11) is 1.86. The van der Waals surface area contributed by atoms with Crippen LogP contribution in [0.1, 0.15) is 0 Å². The van der Waals surface area contributed by atoms with Gasteiger partial charge in [-0.1, -0.05) is 45.5 Å². The molecule has 1 N–H and O–H groups in total. The third kappa shape index (κ3) is 3.63. The molecule has 0 aliphatic heterocycles. The lowest BCUT2D eigenvalue weighted by atomic mass is 10.4. The molecule has 0 atom stereocenters. The van der Waals surface area contributed by atoms with Crippen LogP contribution >= 0.6 is 39.5 Å². The van der Waals surface area contributed by atoms with Crippen LogP contribution in [0.15, 0.2) is 49.9 Å². The Labute approximate surface area is 123 Å². The number of anilines is 1. The standard InChI is InChI=1S/C12H12BrN3S2/c1-14-10-7-11(16-12(15-10)17-2)18-9-5-3-4-8(13)6-9/h3-7H,1-2H3,(H,14,15,16). The van der Waals surface area contributed by atoms with Gasteiger partial charge >= 0.3 is 0 Å². The first-order valence-electron chi connectivity index (χ1n) is 5.25. The van der Waals surface area contributed by atoms with Gasteiger partial charge in [0.05, 0.1) is 0 Å². The average Bonchev–Trinajstić information content (AvgIpc) is 2.38. The molecule has 0 unspecified atom stereocenters. The summed E-state index contributed by atoms with van der Waals surface area (Å²) in [4.78, 5) is 9.98. The largest absolute Gasteiger partial charge is 0.373 e. The van der Waals surface area contributed by atoms with Crippen molar-refractivity contribution < 1.29 is 0 Å². The summed E-state index contributed by atoms with van der Waals surface area (Å²) in [5.41, 5.74) is 0. The Kier molecular flexibility index (Phi) is 4.91. The van der Waals surface area contributed by atoms with Crippen LogP contribution in [0.25, 0.3) is 0 Å². The van der Waals surface area contributed by atoms with Gasteiger partial charge in [0.25, 0.3) is 0 Å². The minimum atomic E-state index is 0.777. The molecule has 2 rings (SSSR count). The summed E-state index contributed by atoms with van der Waals surface area (Å²) in [6, 6.07) is 10.1. The Morgan fingerprint density at radius 3 is 2.72 bits per heavy atom. The van der Waals surface area contributed by atoms with Crippen molar-refractivity contribution in [1.82, 2.24) is 9.97 Å². The summed E-state index contributed by atoms with van der Waals surface area (Å²) >= 11 is 6.64. The molecule has 0 aliphatic rings. The van der Waals surface area contributed by atoms with Gasteiger partial charge in [0.2, 0.25) is 0 Å². The number of hydrogen-bond donors (Lipinski definition) is 1. The van der Waals surface area contributed by atoms with Crippen molar-refractivity contribution in [3.05, 3.63) is 34.8 Å². The van der Waals surface area contributed by atoms with Gasteiger partial charge in [0, 0.05) is 22.5 Å². The summed E-state index contributed by atoms with van der Waals surface area (Å²) in [6.07, 6.45) is 1.97. The highest BCUT2D eigenvalue weighted by molar-refractivity contribution is 9.10. The lowest BCUT2D eigenvalue weighted by Crippen LogP contribution is -1.96. The number of aromatic nitrogens is 2. The molecule has 0 spiro atoms. The highest BCUT2D eigenvalue weighted by atomic mass is 79.9. The number of nitrogens with zero attached hydrogens (tertiary/aromatic N) is 2. The molecule has 3 nitrogen and oxygen atoms in total. The molecule has 94 valence electrons. The van der Waals surface area contributed by atoms with Gasteiger partial charge in [-0.15, -0.1) is 0 Å². The van der Waals surface area contributed by atoms with Crippen molar-refractivity contribution in [2.75, 3.05) is 18.6 Å². The maximum atomic E-state index is 4.48. The maximum absolute atomic E-state index is 4.48. The highest BCUT2D eigenvalue weighted by Gasteiger charge is 2.05. The Hall–Kier alpha value is -0.720. The Balaban J connectivity index is 2.28. The molecule has 18 heavy (non-hydrogen) atoms. The molecule has 0 saturated carbocycles. The zero-order chi connectivity index (χ0) is 13.0. The second-order valence-corrected chi connectivity index (χ2v) is 6.17. The van der Waals surface area contributed by atoms with Gasteiger partial charge in [-0.2, -0.15) is 0 Å². The molecule has 0 aliphatic carbocycles. The number of benzene rings is 1. The van der Waals surface area contributed by atoms with Crippen LogP contribution < -0.4 is 5.32 Å². The van der Waals surface area contributed by atoms with Crippen LogP contribution in [0.3, 0.4) is 0 Å². The average molecular weight is 342 g/mol. The third-order valence-electron chi connectivity index (χ3n) is 2.14. The summed E-state index contributed by atoms with van der Waals surface area (Å²) in [5, 5.41) is 4.77. The van der Waals surface area contributed by atoms with Crippen molar-refractivity contribution in [3.8, 4) is 0 Å². The Bertz CT molecular complexity index is 526. The predicted molar refractivity (Wildman–Crippen MR) is 81.6 cm³/mol. The monoisotopic (exact) mass is 341 g/mol. The molecule has 0 saturated heterocycles. The highest BCUT2D eigenvalue weighted by Crippen LogP contribution is 2.30. The first kappa shape index (κ1) is 13.7. The topological polar surface area (TPSA) is 37.8 Å². The van der Waals surface area contributed by atoms with E-state index in [1.807, 2.05) is 31.5 Å². The number of nitrogens with one attached hydrogen (secondary N) is 1. The minimum Gasteiger partial charge on any atom is -0.373 e. The number of halogens is 1. The molecule has 1 heterocycles. The smallest absolute Gasteiger partial charge is 0.190 e. The molecular formula is C12H12BrN3S2. The Morgan fingerprint density at radius 2 is 2.06 bits per heavy atom. The normalized spacial score (nSPS) is 10.4. The molecule has 0 amide bonds. The van der Waals surface area contributed by atoms with Crippen molar-refractivity contribution in [1.29, 1.82) is 0 Å². The summed E-state index contributed by atoms with van der Waals surface area (Å²) in [6.45, 7) is 0. The predicted octanol–water partition coefficient (Wildman–Crippen LogP) is 4.15. The third-order valence-corrected chi connectivity index (χ3v) is 4.09. The van der Waals surface area contributed by atoms with Crippen LogP contribution in [0, 0.1) is 0 Å². The fourth-order valence-electron chi connectivity index (χ4n) is 1.33. The molecule has 1 aromatic carbocycles. The van der Waals surface area contributed by atoms with E-state index in [0.717, 1.165) is 25.4 Å². The SMILES string of the molecule is CNc1cc(Sc2cccc(Br)c2)nc(SC)n1. The quantitative estimate of drug-likeness (QED) is 0.513. The van der Waals surface area contributed by atoms with Crippen molar-refractivity contribution in [2.45, 2.75) is 15.1 Å². The van der Waals surface area contributed by atoms with E-state index in [1.165, 1.54) is 0 Å². The van der Waals surface area contributed by atoms with Crippen LogP contribution in [-0.2, 0) is 0 Å². The van der Waals surface area contributed by atoms with Crippen molar-refractivity contribution in [2.24, 2.45) is 0 Å². The molecule has 2 aromatic rings. The molecular weight excluding hydrogens is 330 g/mol. The van der Waals surface area contributed by atoms with E-state index in [0.29, 0.717) is 0 Å². The summed E-state index contributed by atoms with van der Waals surface area (Å²) in [5.74, 6) is 0.840. The number of hydrogen-bond acceptors (Lipinski definition) is 5. The van der Waals surface area contributed by atoms with E-state index in [1.54, 1.807) is 23.5 Å². The van der Waals surface area contributed by atoms with Crippen LogP contribution in [0.5, 0.6) is 0 Å². The number of rotatable bonds is 4. The molecule has 1 aromatic heterocycles. The van der Waals surface area contributed by atoms with Crippen molar-refractivity contribution >= 4 is 45.3 Å². The van der Waals surface area contributed by atoms with Gasteiger partial charge in [0.15, 0.2) is 5.16 Å². The van der Waals surface area contributed by atoms with Gasteiger partial charge in [-0.3, -0.25) is 0 Å². The molecule has 0 bridgehead atoms. The van der Waals surface area contributed by atoms with Gasteiger partial charge in [-0.25, -0.2) is 9.97 Å². The first-order valence-corrected chi connectivity index (χ1v) is 8.09. The minimum absolute atomic E-state index is 0.777. The van der Waals surface area contributed by atoms with E-state index < -0.39 is 0 Å². The lowest BCUT2D eigenvalue weighted by molar-refractivity contribution is 0.897. The zero-order valence-electron chi connectivity index (χ0n) is 9.98. The van der Waals surface area contributed by atoms with Crippen LogP contribution in [0.2, 0.25) is 0 Å². The summed E-state index contributed by atoms with van der Waals surface area (Å²) < 4.78 is 1.07. The van der Waals surface area contributed by atoms with Gasteiger partial charge in [-0.05, 0) is 24.5 Å². The lowest BCUT2D eigenvalue weighted by Gasteiger charge is -2.06. The Morgan fingerprint density at radius 1 is 1.22 bits per heavy atom. The van der Waals surface area contributed by atoms with E-state index >= 15 is 0 Å². The van der Waals surface area contributed by atoms with Gasteiger partial charge in [0.1, 0.15) is 10.8 Å². The fraction of sp³-hybridized carbons (Fsp3) is 0.167. The van der Waals surface area contributed by atoms with E-state index in [4.69, 9.17) is 0 Å². The van der Waals surface area contributed by atoms with Crippen LogP contribution in [0.4, 0.5) is 5.82 Å². The first-order chi connectivity index (χ1) is 8.71. The number of thioether (sulfide) groups is 1. The van der Waals surface area contributed by atoms with Crippen LogP contribution in [-0.4, -0.2) is 23.3 Å². The second-order valence-electron chi connectivity index (χ2n) is 3.39. The van der Waals surface area contributed by atoms with Gasteiger partial charge < -0.3 is 5.32 Å². The second kappa shape index (κ2) is 6.45.